The number of anilines is 1. The highest BCUT2D eigenvalue weighted by Gasteiger charge is 2.17. The number of carbonyl (C=O) groups is 1. The minimum atomic E-state index is -0.348. The SMILES string of the molecule is Cc1ccc(-c2ccnc3c(C(=O)Nc4ccn(Cc5c(Cl)cccc5Cl)n4)cnn23)cc1. The van der Waals surface area contributed by atoms with Crippen LogP contribution in [-0.2, 0) is 6.54 Å². The fourth-order valence-corrected chi connectivity index (χ4v) is 4.06. The van der Waals surface area contributed by atoms with Crippen molar-refractivity contribution in [3.63, 3.8) is 0 Å². The van der Waals surface area contributed by atoms with Crippen LogP contribution in [-0.4, -0.2) is 30.3 Å². The molecular formula is C24H18Cl2N6O. The number of rotatable bonds is 5. The average molecular weight is 477 g/mol. The fourth-order valence-electron chi connectivity index (χ4n) is 3.54. The fraction of sp³-hybridized carbons (Fsp3) is 0.0833. The van der Waals surface area contributed by atoms with Crippen LogP contribution >= 0.6 is 23.2 Å². The van der Waals surface area contributed by atoms with E-state index in [0.29, 0.717) is 33.6 Å². The molecule has 0 saturated carbocycles. The third-order valence-electron chi connectivity index (χ3n) is 5.26. The first-order chi connectivity index (χ1) is 16.0. The van der Waals surface area contributed by atoms with E-state index < -0.39 is 0 Å². The van der Waals surface area contributed by atoms with Crippen LogP contribution in [0.2, 0.25) is 10.0 Å². The Morgan fingerprint density at radius 2 is 1.79 bits per heavy atom. The summed E-state index contributed by atoms with van der Waals surface area (Å²) < 4.78 is 3.32. The third kappa shape index (κ3) is 4.20. The predicted octanol–water partition coefficient (Wildman–Crippen LogP) is 5.51. The van der Waals surface area contributed by atoms with Gasteiger partial charge in [0.1, 0.15) is 5.56 Å². The summed E-state index contributed by atoms with van der Waals surface area (Å²) in [5, 5.41) is 12.7. The molecule has 7 nitrogen and oxygen atoms in total. The Labute approximate surface area is 199 Å². The van der Waals surface area contributed by atoms with Crippen molar-refractivity contribution in [1.29, 1.82) is 0 Å². The Hall–Kier alpha value is -3.68. The number of carbonyl (C=O) groups excluding carboxylic acids is 1. The van der Waals surface area contributed by atoms with Crippen molar-refractivity contribution in [2.75, 3.05) is 5.32 Å². The highest BCUT2D eigenvalue weighted by molar-refractivity contribution is 6.36. The van der Waals surface area contributed by atoms with Crippen molar-refractivity contribution in [2.24, 2.45) is 0 Å². The van der Waals surface area contributed by atoms with Crippen LogP contribution in [0.25, 0.3) is 16.9 Å². The summed E-state index contributed by atoms with van der Waals surface area (Å²) >= 11 is 12.5. The molecule has 0 atom stereocenters. The van der Waals surface area contributed by atoms with Crippen LogP contribution in [0.4, 0.5) is 5.82 Å². The van der Waals surface area contributed by atoms with Crippen LogP contribution < -0.4 is 5.32 Å². The van der Waals surface area contributed by atoms with E-state index in [-0.39, 0.29) is 5.91 Å². The zero-order valence-electron chi connectivity index (χ0n) is 17.5. The monoisotopic (exact) mass is 476 g/mol. The molecule has 0 aliphatic rings. The van der Waals surface area contributed by atoms with Gasteiger partial charge in [0.15, 0.2) is 11.5 Å². The molecule has 5 rings (SSSR count). The number of halogens is 2. The van der Waals surface area contributed by atoms with E-state index in [1.165, 1.54) is 11.8 Å². The molecule has 0 radical (unpaired) electrons. The van der Waals surface area contributed by atoms with Crippen molar-refractivity contribution in [3.05, 3.63) is 99.9 Å². The summed E-state index contributed by atoms with van der Waals surface area (Å²) in [6.07, 6.45) is 4.93. The van der Waals surface area contributed by atoms with Gasteiger partial charge in [0, 0.05) is 39.6 Å². The van der Waals surface area contributed by atoms with E-state index in [4.69, 9.17) is 23.2 Å². The molecule has 3 aromatic heterocycles. The summed E-state index contributed by atoms with van der Waals surface area (Å²) in [7, 11) is 0. The lowest BCUT2D eigenvalue weighted by molar-refractivity contribution is 0.102. The van der Waals surface area contributed by atoms with Gasteiger partial charge in [-0.2, -0.15) is 10.2 Å². The molecule has 0 aliphatic carbocycles. The summed E-state index contributed by atoms with van der Waals surface area (Å²) in [5.41, 5.74) is 4.58. The van der Waals surface area contributed by atoms with Gasteiger partial charge in [-0.3, -0.25) is 9.48 Å². The average Bonchev–Trinajstić information content (AvgIpc) is 3.43. The van der Waals surface area contributed by atoms with Crippen LogP contribution in [0.15, 0.2) is 73.2 Å². The maximum atomic E-state index is 13.0. The summed E-state index contributed by atoms with van der Waals surface area (Å²) in [6.45, 7) is 2.42. The van der Waals surface area contributed by atoms with Crippen molar-refractivity contribution >= 4 is 40.6 Å². The second kappa shape index (κ2) is 8.69. The van der Waals surface area contributed by atoms with Crippen LogP contribution in [0.3, 0.4) is 0 Å². The maximum Gasteiger partial charge on any atom is 0.262 e. The molecule has 1 N–H and O–H groups in total. The molecule has 164 valence electrons. The molecule has 0 bridgehead atoms. The van der Waals surface area contributed by atoms with Crippen LogP contribution in [0.1, 0.15) is 21.5 Å². The van der Waals surface area contributed by atoms with Gasteiger partial charge in [0.2, 0.25) is 0 Å². The van der Waals surface area contributed by atoms with Gasteiger partial charge in [-0.1, -0.05) is 59.1 Å². The number of nitrogens with one attached hydrogen (secondary N) is 1. The van der Waals surface area contributed by atoms with Gasteiger partial charge in [-0.15, -0.1) is 0 Å². The molecular weight excluding hydrogens is 459 g/mol. The molecule has 33 heavy (non-hydrogen) atoms. The summed E-state index contributed by atoms with van der Waals surface area (Å²) in [5.74, 6) is 0.0526. The molecule has 2 aromatic carbocycles. The van der Waals surface area contributed by atoms with E-state index in [1.807, 2.05) is 37.3 Å². The van der Waals surface area contributed by atoms with Gasteiger partial charge in [-0.05, 0) is 25.1 Å². The first-order valence-electron chi connectivity index (χ1n) is 10.2. The topological polar surface area (TPSA) is 77.1 Å². The van der Waals surface area contributed by atoms with Gasteiger partial charge in [-0.25, -0.2) is 9.50 Å². The first kappa shape index (κ1) is 21.2. The molecule has 0 saturated heterocycles. The largest absolute Gasteiger partial charge is 0.305 e. The zero-order chi connectivity index (χ0) is 22.9. The molecule has 9 heteroatoms. The molecule has 1 amide bonds. The van der Waals surface area contributed by atoms with Crippen LogP contribution in [0.5, 0.6) is 0 Å². The highest BCUT2D eigenvalue weighted by Crippen LogP contribution is 2.25. The summed E-state index contributed by atoms with van der Waals surface area (Å²) in [6, 6.07) is 17.0. The Balaban J connectivity index is 1.38. The number of aryl methyl sites for hydroxylation is 1. The van der Waals surface area contributed by atoms with Gasteiger partial charge in [0.25, 0.3) is 5.91 Å². The van der Waals surface area contributed by atoms with Crippen molar-refractivity contribution < 1.29 is 4.79 Å². The highest BCUT2D eigenvalue weighted by atomic mass is 35.5. The van der Waals surface area contributed by atoms with E-state index in [9.17, 15) is 4.79 Å². The number of amides is 1. The van der Waals surface area contributed by atoms with E-state index in [0.717, 1.165) is 16.8 Å². The molecule has 0 spiro atoms. The van der Waals surface area contributed by atoms with E-state index >= 15 is 0 Å². The second-order valence-corrected chi connectivity index (χ2v) is 8.36. The van der Waals surface area contributed by atoms with Crippen molar-refractivity contribution in [2.45, 2.75) is 13.5 Å². The Morgan fingerprint density at radius 1 is 1.03 bits per heavy atom. The summed E-state index contributed by atoms with van der Waals surface area (Å²) in [4.78, 5) is 17.3. The van der Waals surface area contributed by atoms with Crippen molar-refractivity contribution in [1.82, 2.24) is 24.4 Å². The number of hydrogen-bond acceptors (Lipinski definition) is 4. The molecule has 0 fully saturated rings. The van der Waals surface area contributed by atoms with Gasteiger partial charge in [0.05, 0.1) is 18.4 Å². The number of benzene rings is 2. The number of nitrogens with zero attached hydrogens (tertiary/aromatic N) is 5. The molecule has 5 aromatic rings. The molecule has 0 aliphatic heterocycles. The normalized spacial score (nSPS) is 11.1. The smallest absolute Gasteiger partial charge is 0.262 e. The first-order valence-corrected chi connectivity index (χ1v) is 10.9. The number of fused-ring (bicyclic) bond motifs is 1. The van der Waals surface area contributed by atoms with E-state index in [1.54, 1.807) is 45.9 Å². The standard InChI is InChI=1S/C24H18Cl2N6O/c1-15-5-7-16(8-6-15)21-9-11-27-23-17(13-28-32(21)23)24(33)29-22-10-12-31(30-22)14-18-19(25)3-2-4-20(18)26/h2-13H,14H2,1H3,(H,29,30,33). The molecule has 0 unspecified atom stereocenters. The van der Waals surface area contributed by atoms with E-state index in [2.05, 4.69) is 20.5 Å². The minimum Gasteiger partial charge on any atom is -0.305 e. The van der Waals surface area contributed by atoms with Gasteiger partial charge < -0.3 is 5.32 Å². The third-order valence-corrected chi connectivity index (χ3v) is 5.97. The minimum absolute atomic E-state index is 0.348. The lowest BCUT2D eigenvalue weighted by atomic mass is 10.1. The predicted molar refractivity (Wildman–Crippen MR) is 129 cm³/mol. The lowest BCUT2D eigenvalue weighted by Crippen LogP contribution is -2.13. The van der Waals surface area contributed by atoms with Crippen molar-refractivity contribution in [3.8, 4) is 11.3 Å². The lowest BCUT2D eigenvalue weighted by Gasteiger charge is -2.07. The second-order valence-electron chi connectivity index (χ2n) is 7.54. The van der Waals surface area contributed by atoms with Crippen LogP contribution in [0, 0.1) is 6.92 Å². The number of hydrogen-bond donors (Lipinski definition) is 1. The number of aromatic nitrogens is 5. The quantitative estimate of drug-likeness (QED) is 0.362. The molecule has 3 heterocycles. The van der Waals surface area contributed by atoms with Gasteiger partial charge >= 0.3 is 0 Å². The Kier molecular flexibility index (Phi) is 5.58. The zero-order valence-corrected chi connectivity index (χ0v) is 19.0. The Morgan fingerprint density at radius 3 is 2.55 bits per heavy atom. The maximum absolute atomic E-state index is 13.0. The Bertz CT molecular complexity index is 1450.